The fourth-order valence-electron chi connectivity index (χ4n) is 3.00. The molecule has 1 fully saturated rings. The topological polar surface area (TPSA) is 78.4 Å². The Balaban J connectivity index is 2.01. The third-order valence-electron chi connectivity index (χ3n) is 4.18. The molecule has 1 aromatic heterocycles. The van der Waals surface area contributed by atoms with E-state index in [4.69, 9.17) is 11.6 Å². The zero-order chi connectivity index (χ0) is 20.0. The molecule has 1 N–H and O–H groups in total. The highest BCUT2D eigenvalue weighted by molar-refractivity contribution is 7.99. The van der Waals surface area contributed by atoms with E-state index in [1.165, 1.54) is 11.8 Å². The van der Waals surface area contributed by atoms with Gasteiger partial charge in [0.05, 0.1) is 5.75 Å². The molecule has 0 saturated carbocycles. The molecule has 1 saturated heterocycles. The molecule has 1 aliphatic rings. The van der Waals surface area contributed by atoms with Gasteiger partial charge in [-0.3, -0.25) is 9.59 Å². The van der Waals surface area contributed by atoms with Gasteiger partial charge in [-0.15, -0.1) is 0 Å². The van der Waals surface area contributed by atoms with E-state index in [-0.39, 0.29) is 29.7 Å². The highest BCUT2D eigenvalue weighted by Gasteiger charge is 2.28. The second-order valence-corrected chi connectivity index (χ2v) is 8.30. The number of carbonyl (C=O) groups excluding carboxylic acids is 2. The Bertz CT molecular complexity index is 673. The second kappa shape index (κ2) is 10.1. The first-order valence-corrected chi connectivity index (χ1v) is 10.7. The lowest BCUT2D eigenvalue weighted by Gasteiger charge is -2.40. The van der Waals surface area contributed by atoms with Crippen molar-refractivity contribution >= 4 is 41.0 Å². The van der Waals surface area contributed by atoms with E-state index in [1.807, 2.05) is 25.7 Å². The van der Waals surface area contributed by atoms with Gasteiger partial charge in [-0.2, -0.15) is 0 Å². The molecule has 0 bridgehead atoms. The molecule has 0 spiro atoms. The number of hydrogen-bond donors (Lipinski definition) is 1. The number of anilines is 1. The SMILES string of the molecule is CCCC(=O)N1CCN(c2cc(Cl)nc(SCC(=O)NC(C)C)n2)CC1C. The first kappa shape index (κ1) is 21.8. The third kappa shape index (κ3) is 6.53. The van der Waals surface area contributed by atoms with Gasteiger partial charge in [0.15, 0.2) is 5.16 Å². The summed E-state index contributed by atoms with van der Waals surface area (Å²) in [6.45, 7) is 9.97. The fourth-order valence-corrected chi connectivity index (χ4v) is 3.89. The van der Waals surface area contributed by atoms with Crippen molar-refractivity contribution in [2.24, 2.45) is 0 Å². The van der Waals surface area contributed by atoms with Crippen LogP contribution in [0, 0.1) is 0 Å². The van der Waals surface area contributed by atoms with Crippen LogP contribution in [0.25, 0.3) is 0 Å². The number of piperazine rings is 1. The van der Waals surface area contributed by atoms with E-state index in [0.29, 0.717) is 36.4 Å². The summed E-state index contributed by atoms with van der Waals surface area (Å²) in [5.74, 6) is 1.12. The highest BCUT2D eigenvalue weighted by Crippen LogP contribution is 2.24. The maximum Gasteiger partial charge on any atom is 0.230 e. The lowest BCUT2D eigenvalue weighted by Crippen LogP contribution is -2.54. The largest absolute Gasteiger partial charge is 0.353 e. The minimum atomic E-state index is -0.0585. The number of amides is 2. The standard InChI is InChI=1S/C18H28ClN5O2S/c1-5-6-17(26)24-8-7-23(10-13(24)4)15-9-14(19)21-18(22-15)27-11-16(25)20-12(2)3/h9,12-13H,5-8,10-11H2,1-4H3,(H,20,25). The zero-order valence-electron chi connectivity index (χ0n) is 16.4. The molecular weight excluding hydrogens is 386 g/mol. The Morgan fingerprint density at radius 1 is 1.37 bits per heavy atom. The Morgan fingerprint density at radius 2 is 2.11 bits per heavy atom. The van der Waals surface area contributed by atoms with Crippen LogP contribution in [0.2, 0.25) is 5.15 Å². The molecule has 0 radical (unpaired) electrons. The van der Waals surface area contributed by atoms with E-state index in [2.05, 4.69) is 27.1 Å². The van der Waals surface area contributed by atoms with E-state index < -0.39 is 0 Å². The Labute approximate surface area is 170 Å². The number of hydrogen-bond acceptors (Lipinski definition) is 6. The normalized spacial score (nSPS) is 17.3. The number of halogens is 1. The van der Waals surface area contributed by atoms with E-state index in [0.717, 1.165) is 12.2 Å². The molecule has 9 heteroatoms. The average molecular weight is 414 g/mol. The number of rotatable bonds is 7. The molecule has 1 atom stereocenters. The fraction of sp³-hybridized carbons (Fsp3) is 0.667. The first-order chi connectivity index (χ1) is 12.8. The van der Waals surface area contributed by atoms with Crippen molar-refractivity contribution in [3.8, 4) is 0 Å². The Kier molecular flexibility index (Phi) is 8.16. The van der Waals surface area contributed by atoms with Crippen LogP contribution in [-0.2, 0) is 9.59 Å². The quantitative estimate of drug-likeness (QED) is 0.420. The summed E-state index contributed by atoms with van der Waals surface area (Å²) < 4.78 is 0. The first-order valence-electron chi connectivity index (χ1n) is 9.31. The van der Waals surface area contributed by atoms with Gasteiger partial charge in [0.25, 0.3) is 0 Å². The van der Waals surface area contributed by atoms with Crippen molar-refractivity contribution in [2.45, 2.75) is 57.8 Å². The lowest BCUT2D eigenvalue weighted by atomic mass is 10.1. The number of thioether (sulfide) groups is 1. The summed E-state index contributed by atoms with van der Waals surface area (Å²) in [6, 6.07) is 1.94. The molecular formula is C18H28ClN5O2S. The Morgan fingerprint density at radius 3 is 2.74 bits per heavy atom. The number of nitrogens with one attached hydrogen (secondary N) is 1. The summed E-state index contributed by atoms with van der Waals surface area (Å²) in [6.07, 6.45) is 1.45. The predicted molar refractivity (Wildman–Crippen MR) is 109 cm³/mol. The van der Waals surface area contributed by atoms with E-state index >= 15 is 0 Å². The van der Waals surface area contributed by atoms with Gasteiger partial charge in [0, 0.05) is 44.2 Å². The van der Waals surface area contributed by atoms with Crippen molar-refractivity contribution in [3.05, 3.63) is 11.2 Å². The molecule has 1 aliphatic heterocycles. The van der Waals surface area contributed by atoms with Gasteiger partial charge < -0.3 is 15.1 Å². The summed E-state index contributed by atoms with van der Waals surface area (Å²) in [4.78, 5) is 36.9. The van der Waals surface area contributed by atoms with Crippen molar-refractivity contribution in [1.29, 1.82) is 0 Å². The molecule has 7 nitrogen and oxygen atoms in total. The molecule has 2 rings (SSSR count). The van der Waals surface area contributed by atoms with Crippen molar-refractivity contribution in [3.63, 3.8) is 0 Å². The van der Waals surface area contributed by atoms with Crippen molar-refractivity contribution < 1.29 is 9.59 Å². The molecule has 0 aromatic carbocycles. The van der Waals surface area contributed by atoms with Crippen LogP contribution in [0.5, 0.6) is 0 Å². The summed E-state index contributed by atoms with van der Waals surface area (Å²) >= 11 is 7.44. The average Bonchev–Trinajstić information content (AvgIpc) is 2.59. The zero-order valence-corrected chi connectivity index (χ0v) is 17.9. The third-order valence-corrected chi connectivity index (χ3v) is 5.22. The van der Waals surface area contributed by atoms with Gasteiger partial charge in [-0.05, 0) is 27.2 Å². The van der Waals surface area contributed by atoms with E-state index in [9.17, 15) is 9.59 Å². The molecule has 150 valence electrons. The lowest BCUT2D eigenvalue weighted by molar-refractivity contribution is -0.133. The van der Waals surface area contributed by atoms with Crippen LogP contribution in [0.3, 0.4) is 0 Å². The predicted octanol–water partition coefficient (Wildman–Crippen LogP) is 2.58. The number of carbonyl (C=O) groups is 2. The summed E-state index contributed by atoms with van der Waals surface area (Å²) in [5.41, 5.74) is 0. The summed E-state index contributed by atoms with van der Waals surface area (Å²) in [7, 11) is 0. The molecule has 2 amide bonds. The smallest absolute Gasteiger partial charge is 0.230 e. The van der Waals surface area contributed by atoms with Crippen LogP contribution < -0.4 is 10.2 Å². The van der Waals surface area contributed by atoms with Gasteiger partial charge in [0.2, 0.25) is 11.8 Å². The van der Waals surface area contributed by atoms with Crippen LogP contribution in [0.1, 0.15) is 40.5 Å². The minimum absolute atomic E-state index is 0.0585. The monoisotopic (exact) mass is 413 g/mol. The van der Waals surface area contributed by atoms with Crippen LogP contribution in [-0.4, -0.2) is 64.2 Å². The number of nitrogens with zero attached hydrogens (tertiary/aromatic N) is 4. The highest BCUT2D eigenvalue weighted by atomic mass is 35.5. The summed E-state index contributed by atoms with van der Waals surface area (Å²) in [5, 5.41) is 3.67. The minimum Gasteiger partial charge on any atom is -0.353 e. The van der Waals surface area contributed by atoms with Crippen LogP contribution in [0.4, 0.5) is 5.82 Å². The maximum absolute atomic E-state index is 12.2. The molecule has 0 aliphatic carbocycles. The van der Waals surface area contributed by atoms with Gasteiger partial charge in [-0.25, -0.2) is 9.97 Å². The Hall–Kier alpha value is -1.54. The van der Waals surface area contributed by atoms with Crippen molar-refractivity contribution in [2.75, 3.05) is 30.3 Å². The van der Waals surface area contributed by atoms with Gasteiger partial charge in [-0.1, -0.05) is 30.3 Å². The molecule has 2 heterocycles. The van der Waals surface area contributed by atoms with Crippen LogP contribution >= 0.6 is 23.4 Å². The van der Waals surface area contributed by atoms with E-state index in [1.54, 1.807) is 6.07 Å². The van der Waals surface area contributed by atoms with Gasteiger partial charge in [0.1, 0.15) is 11.0 Å². The van der Waals surface area contributed by atoms with Crippen LogP contribution in [0.15, 0.2) is 11.2 Å². The molecule has 1 aromatic rings. The molecule has 27 heavy (non-hydrogen) atoms. The second-order valence-electron chi connectivity index (χ2n) is 6.97. The maximum atomic E-state index is 12.2. The van der Waals surface area contributed by atoms with Crippen molar-refractivity contribution in [1.82, 2.24) is 20.2 Å². The van der Waals surface area contributed by atoms with Gasteiger partial charge >= 0.3 is 0 Å². The molecule has 1 unspecified atom stereocenters. The number of aromatic nitrogens is 2.